The van der Waals surface area contributed by atoms with Gasteiger partial charge in [-0.1, -0.05) is 18.2 Å². The number of carbonyl (C=O) groups is 1. The molecule has 5 nitrogen and oxygen atoms in total. The van der Waals surface area contributed by atoms with Crippen LogP contribution in [-0.4, -0.2) is 21.0 Å². The molecule has 114 valence electrons. The molecule has 6 heteroatoms. The molecule has 0 spiro atoms. The second kappa shape index (κ2) is 6.23. The molecule has 2 N–H and O–H groups in total. The van der Waals surface area contributed by atoms with E-state index in [0.717, 1.165) is 0 Å². The van der Waals surface area contributed by atoms with E-state index in [-0.39, 0.29) is 17.2 Å². The van der Waals surface area contributed by atoms with Gasteiger partial charge in [0.25, 0.3) is 0 Å². The van der Waals surface area contributed by atoms with E-state index in [9.17, 15) is 14.3 Å². The molecule has 0 bridgehead atoms. The number of nitrogens with one attached hydrogen (secondary N) is 1. The van der Waals surface area contributed by atoms with E-state index in [2.05, 4.69) is 15.3 Å². The average molecular weight is 309 g/mol. The van der Waals surface area contributed by atoms with Crippen LogP contribution in [0.2, 0.25) is 0 Å². The van der Waals surface area contributed by atoms with Crippen LogP contribution < -0.4 is 5.32 Å². The van der Waals surface area contributed by atoms with Gasteiger partial charge in [0.1, 0.15) is 17.2 Å². The molecule has 0 saturated carbocycles. The number of anilines is 2. The number of rotatable bonds is 4. The molecular formula is C17H12FN3O2. The van der Waals surface area contributed by atoms with Gasteiger partial charge in [0, 0.05) is 17.4 Å². The Morgan fingerprint density at radius 2 is 1.74 bits per heavy atom. The molecule has 0 radical (unpaired) electrons. The van der Waals surface area contributed by atoms with Gasteiger partial charge in [-0.25, -0.2) is 19.2 Å². The molecule has 1 aromatic heterocycles. The van der Waals surface area contributed by atoms with Crippen molar-refractivity contribution in [1.29, 1.82) is 0 Å². The monoisotopic (exact) mass is 309 g/mol. The summed E-state index contributed by atoms with van der Waals surface area (Å²) in [5.41, 5.74) is 1.26. The summed E-state index contributed by atoms with van der Waals surface area (Å²) in [4.78, 5) is 19.6. The van der Waals surface area contributed by atoms with E-state index in [0.29, 0.717) is 17.1 Å². The van der Waals surface area contributed by atoms with Gasteiger partial charge in [0.2, 0.25) is 0 Å². The first-order valence-corrected chi connectivity index (χ1v) is 6.82. The first-order valence-electron chi connectivity index (χ1n) is 6.82. The van der Waals surface area contributed by atoms with E-state index < -0.39 is 5.97 Å². The van der Waals surface area contributed by atoms with Gasteiger partial charge in [-0.3, -0.25) is 0 Å². The quantitative estimate of drug-likeness (QED) is 0.768. The van der Waals surface area contributed by atoms with Crippen molar-refractivity contribution in [2.75, 3.05) is 5.32 Å². The maximum atomic E-state index is 13.0. The molecule has 0 aliphatic rings. The fourth-order valence-corrected chi connectivity index (χ4v) is 2.03. The molecule has 3 rings (SSSR count). The lowest BCUT2D eigenvalue weighted by molar-refractivity contribution is 0.0697. The number of para-hydroxylation sites is 1. The normalized spacial score (nSPS) is 10.3. The van der Waals surface area contributed by atoms with Crippen LogP contribution >= 0.6 is 0 Å². The fraction of sp³-hybridized carbons (Fsp3) is 0. The second-order valence-electron chi connectivity index (χ2n) is 4.76. The van der Waals surface area contributed by atoms with Gasteiger partial charge in [0.15, 0.2) is 5.82 Å². The fourth-order valence-electron chi connectivity index (χ4n) is 2.03. The number of carboxylic acid groups (broad SMARTS) is 1. The highest BCUT2D eigenvalue weighted by Gasteiger charge is 2.14. The Bertz CT molecular complexity index is 836. The van der Waals surface area contributed by atoms with E-state index in [4.69, 9.17) is 0 Å². The Kier molecular flexibility index (Phi) is 3.97. The second-order valence-corrected chi connectivity index (χ2v) is 4.76. The van der Waals surface area contributed by atoms with Crippen LogP contribution in [0.5, 0.6) is 0 Å². The van der Waals surface area contributed by atoms with Crippen LogP contribution in [0.15, 0.2) is 60.8 Å². The third-order valence-corrected chi connectivity index (χ3v) is 3.16. The lowest BCUT2D eigenvalue weighted by Crippen LogP contribution is -2.07. The summed E-state index contributed by atoms with van der Waals surface area (Å²) in [5.74, 6) is -1.00. The van der Waals surface area contributed by atoms with Crippen molar-refractivity contribution in [2.45, 2.75) is 0 Å². The summed E-state index contributed by atoms with van der Waals surface area (Å²) in [6.45, 7) is 0. The van der Waals surface area contributed by atoms with Gasteiger partial charge in [-0.05, 0) is 36.4 Å². The van der Waals surface area contributed by atoms with Crippen molar-refractivity contribution < 1.29 is 14.3 Å². The SMILES string of the molecule is O=C(O)c1cnc(-c2ccc(F)cc2)nc1Nc1ccccc1. The van der Waals surface area contributed by atoms with Crippen LogP contribution in [0.4, 0.5) is 15.9 Å². The molecule has 0 aliphatic carbocycles. The minimum atomic E-state index is -1.13. The highest BCUT2D eigenvalue weighted by atomic mass is 19.1. The molecule has 0 fully saturated rings. The third kappa shape index (κ3) is 3.32. The van der Waals surface area contributed by atoms with Crippen LogP contribution in [-0.2, 0) is 0 Å². The number of carboxylic acids is 1. The van der Waals surface area contributed by atoms with Crippen molar-refractivity contribution in [3.63, 3.8) is 0 Å². The number of hydrogen-bond acceptors (Lipinski definition) is 4. The molecule has 1 heterocycles. The molecule has 2 aromatic carbocycles. The van der Waals surface area contributed by atoms with Crippen molar-refractivity contribution in [2.24, 2.45) is 0 Å². The maximum absolute atomic E-state index is 13.0. The summed E-state index contributed by atoms with van der Waals surface area (Å²) < 4.78 is 13.0. The zero-order valence-electron chi connectivity index (χ0n) is 11.9. The lowest BCUT2D eigenvalue weighted by atomic mass is 10.2. The zero-order valence-corrected chi connectivity index (χ0v) is 11.9. The van der Waals surface area contributed by atoms with Gasteiger partial charge in [-0.15, -0.1) is 0 Å². The minimum absolute atomic E-state index is 0.0419. The highest BCUT2D eigenvalue weighted by Crippen LogP contribution is 2.22. The Hall–Kier alpha value is -3.28. The molecule has 0 amide bonds. The van der Waals surface area contributed by atoms with E-state index >= 15 is 0 Å². The van der Waals surface area contributed by atoms with E-state index in [1.807, 2.05) is 18.2 Å². The standard InChI is InChI=1S/C17H12FN3O2/c18-12-8-6-11(7-9-12)15-19-10-14(17(22)23)16(21-15)20-13-4-2-1-3-5-13/h1-10H,(H,22,23)(H,19,20,21). The predicted octanol–water partition coefficient (Wildman–Crippen LogP) is 3.72. The zero-order chi connectivity index (χ0) is 16.2. The minimum Gasteiger partial charge on any atom is -0.477 e. The third-order valence-electron chi connectivity index (χ3n) is 3.16. The van der Waals surface area contributed by atoms with Crippen molar-refractivity contribution in [3.05, 3.63) is 72.2 Å². The van der Waals surface area contributed by atoms with Crippen LogP contribution in [0, 0.1) is 5.82 Å². The summed E-state index contributed by atoms with van der Waals surface area (Å²) in [7, 11) is 0. The number of nitrogens with zero attached hydrogens (tertiary/aromatic N) is 2. The van der Waals surface area contributed by atoms with Crippen molar-refractivity contribution in [3.8, 4) is 11.4 Å². The summed E-state index contributed by atoms with van der Waals surface area (Å²) in [5, 5.41) is 12.2. The Morgan fingerprint density at radius 3 is 2.39 bits per heavy atom. The smallest absolute Gasteiger partial charge is 0.341 e. The van der Waals surface area contributed by atoms with Crippen LogP contribution in [0.3, 0.4) is 0 Å². The first-order chi connectivity index (χ1) is 11.1. The van der Waals surface area contributed by atoms with Gasteiger partial charge in [-0.2, -0.15) is 0 Å². The van der Waals surface area contributed by atoms with Crippen LogP contribution in [0.25, 0.3) is 11.4 Å². The van der Waals surface area contributed by atoms with E-state index in [1.54, 1.807) is 12.1 Å². The molecule has 3 aromatic rings. The van der Waals surface area contributed by atoms with Gasteiger partial charge in [0.05, 0.1) is 0 Å². The Balaban J connectivity index is 2.02. The Labute approximate surface area is 131 Å². The largest absolute Gasteiger partial charge is 0.477 e. The molecule has 23 heavy (non-hydrogen) atoms. The topological polar surface area (TPSA) is 75.1 Å². The summed E-state index contributed by atoms with van der Waals surface area (Å²) >= 11 is 0. The van der Waals surface area contributed by atoms with E-state index in [1.165, 1.54) is 30.5 Å². The molecule has 0 aliphatic heterocycles. The molecular weight excluding hydrogens is 297 g/mol. The highest BCUT2D eigenvalue weighted by molar-refractivity contribution is 5.94. The Morgan fingerprint density at radius 1 is 1.04 bits per heavy atom. The van der Waals surface area contributed by atoms with Gasteiger partial charge < -0.3 is 10.4 Å². The number of aromatic nitrogens is 2. The number of aromatic carboxylic acids is 1. The first kappa shape index (κ1) is 14.6. The van der Waals surface area contributed by atoms with Gasteiger partial charge >= 0.3 is 5.97 Å². The average Bonchev–Trinajstić information content (AvgIpc) is 2.56. The number of benzene rings is 2. The number of hydrogen-bond donors (Lipinski definition) is 2. The predicted molar refractivity (Wildman–Crippen MR) is 84.1 cm³/mol. The molecule has 0 atom stereocenters. The lowest BCUT2D eigenvalue weighted by Gasteiger charge is -2.10. The molecule has 0 unspecified atom stereocenters. The molecule has 0 saturated heterocycles. The van der Waals surface area contributed by atoms with Crippen molar-refractivity contribution >= 4 is 17.5 Å². The number of halogens is 1. The van der Waals surface area contributed by atoms with Crippen LogP contribution in [0.1, 0.15) is 10.4 Å². The summed E-state index contributed by atoms with van der Waals surface area (Å²) in [6, 6.07) is 14.8. The summed E-state index contributed by atoms with van der Waals surface area (Å²) in [6.07, 6.45) is 1.24. The van der Waals surface area contributed by atoms with Crippen molar-refractivity contribution in [1.82, 2.24) is 9.97 Å². The maximum Gasteiger partial charge on any atom is 0.341 e.